The Bertz CT molecular complexity index is 465. The molecule has 1 N–H and O–H groups in total. The Morgan fingerprint density at radius 3 is 2.32 bits per heavy atom. The van der Waals surface area contributed by atoms with Gasteiger partial charge in [-0.15, -0.1) is 0 Å². The van der Waals surface area contributed by atoms with E-state index in [0.29, 0.717) is 19.4 Å². The summed E-state index contributed by atoms with van der Waals surface area (Å²) in [6.07, 6.45) is -0.639. The van der Waals surface area contributed by atoms with Crippen LogP contribution in [0.25, 0.3) is 0 Å². The molecule has 1 saturated heterocycles. The number of aliphatic carboxylic acids is 1. The molecule has 0 aromatic carbocycles. The van der Waals surface area contributed by atoms with Crippen LogP contribution >= 0.6 is 0 Å². The topological polar surface area (TPSA) is 66.8 Å². The third kappa shape index (κ3) is 3.33. The maximum absolute atomic E-state index is 13.3. The average Bonchev–Trinajstić information content (AvgIpc) is 2.33. The van der Waals surface area contributed by atoms with Crippen LogP contribution in [0.3, 0.4) is 0 Å². The van der Waals surface area contributed by atoms with Gasteiger partial charge >= 0.3 is 12.1 Å². The van der Waals surface area contributed by atoms with Gasteiger partial charge in [-0.3, -0.25) is 4.79 Å². The standard InChI is InChI=1S/C15H23F2NO4/c1-13(2,3)22-12(21)18-6-4-5-10(7-18)14(11(19)20)8-15(16,17)9-14/h10H,4-9H2,1-3H3,(H,19,20). The zero-order chi connectivity index (χ0) is 16.8. The van der Waals surface area contributed by atoms with Crippen LogP contribution in [0.4, 0.5) is 13.6 Å². The fourth-order valence-electron chi connectivity index (χ4n) is 3.41. The van der Waals surface area contributed by atoms with Gasteiger partial charge in [0.1, 0.15) is 5.60 Å². The van der Waals surface area contributed by atoms with E-state index in [2.05, 4.69) is 0 Å². The molecule has 1 unspecified atom stereocenters. The summed E-state index contributed by atoms with van der Waals surface area (Å²) in [6.45, 7) is 5.88. The zero-order valence-electron chi connectivity index (χ0n) is 13.2. The molecule has 1 saturated carbocycles. The van der Waals surface area contributed by atoms with Crippen LogP contribution in [0.5, 0.6) is 0 Å². The first-order valence-electron chi connectivity index (χ1n) is 7.54. The van der Waals surface area contributed by atoms with Crippen molar-refractivity contribution in [3.05, 3.63) is 0 Å². The molecule has 0 bridgehead atoms. The number of carbonyl (C=O) groups is 2. The fraction of sp³-hybridized carbons (Fsp3) is 0.867. The number of alkyl halides is 2. The van der Waals surface area contributed by atoms with Gasteiger partial charge < -0.3 is 14.7 Å². The van der Waals surface area contributed by atoms with E-state index < -0.39 is 47.8 Å². The van der Waals surface area contributed by atoms with Crippen molar-refractivity contribution in [1.29, 1.82) is 0 Å². The van der Waals surface area contributed by atoms with Gasteiger partial charge in [-0.1, -0.05) is 0 Å². The molecular formula is C15H23F2NO4. The van der Waals surface area contributed by atoms with E-state index in [9.17, 15) is 23.5 Å². The molecule has 2 rings (SSSR count). The Labute approximate surface area is 128 Å². The summed E-state index contributed by atoms with van der Waals surface area (Å²) in [5, 5.41) is 9.41. The number of hydrogen-bond acceptors (Lipinski definition) is 3. The minimum Gasteiger partial charge on any atom is -0.481 e. The van der Waals surface area contributed by atoms with E-state index in [1.54, 1.807) is 20.8 Å². The number of carboxylic acids is 1. The van der Waals surface area contributed by atoms with Crippen molar-refractivity contribution in [3.8, 4) is 0 Å². The Morgan fingerprint density at radius 2 is 1.86 bits per heavy atom. The Balaban J connectivity index is 2.07. The summed E-state index contributed by atoms with van der Waals surface area (Å²) in [4.78, 5) is 25.1. The van der Waals surface area contributed by atoms with Crippen molar-refractivity contribution in [2.75, 3.05) is 13.1 Å². The van der Waals surface area contributed by atoms with Crippen molar-refractivity contribution < 1.29 is 28.2 Å². The summed E-state index contributed by atoms with van der Waals surface area (Å²) < 4.78 is 31.8. The maximum Gasteiger partial charge on any atom is 0.410 e. The van der Waals surface area contributed by atoms with Crippen molar-refractivity contribution in [2.24, 2.45) is 11.3 Å². The van der Waals surface area contributed by atoms with Gasteiger partial charge in [-0.05, 0) is 39.5 Å². The number of hydrogen-bond donors (Lipinski definition) is 1. The second-order valence-electron chi connectivity index (χ2n) is 7.44. The molecular weight excluding hydrogens is 296 g/mol. The van der Waals surface area contributed by atoms with Gasteiger partial charge in [0.05, 0.1) is 5.41 Å². The molecule has 0 radical (unpaired) electrons. The summed E-state index contributed by atoms with van der Waals surface area (Å²) in [5.41, 5.74) is -2.05. The van der Waals surface area contributed by atoms with Crippen LogP contribution in [0, 0.1) is 11.3 Å². The summed E-state index contributed by atoms with van der Waals surface area (Å²) in [6, 6.07) is 0. The minimum atomic E-state index is -2.91. The molecule has 1 heterocycles. The predicted molar refractivity (Wildman–Crippen MR) is 74.8 cm³/mol. The first-order valence-corrected chi connectivity index (χ1v) is 7.54. The van der Waals surface area contributed by atoms with Gasteiger partial charge in [-0.2, -0.15) is 0 Å². The molecule has 1 atom stereocenters. The van der Waals surface area contributed by atoms with Crippen molar-refractivity contribution in [1.82, 2.24) is 4.90 Å². The third-order valence-corrected chi connectivity index (χ3v) is 4.43. The molecule has 5 nitrogen and oxygen atoms in total. The molecule has 2 fully saturated rings. The highest BCUT2D eigenvalue weighted by Gasteiger charge is 2.64. The zero-order valence-corrected chi connectivity index (χ0v) is 13.2. The first kappa shape index (κ1) is 17.0. The summed E-state index contributed by atoms with van der Waals surface area (Å²) >= 11 is 0. The SMILES string of the molecule is CC(C)(C)OC(=O)N1CCCC(C2(C(=O)O)CC(F)(F)C2)C1. The molecule has 1 aliphatic heterocycles. The average molecular weight is 319 g/mol. The van der Waals surface area contributed by atoms with Crippen molar-refractivity contribution >= 4 is 12.1 Å². The van der Waals surface area contributed by atoms with Crippen LogP contribution in [0.15, 0.2) is 0 Å². The van der Waals surface area contributed by atoms with Crippen LogP contribution in [0.2, 0.25) is 0 Å². The van der Waals surface area contributed by atoms with Gasteiger partial charge in [0.25, 0.3) is 0 Å². The van der Waals surface area contributed by atoms with Gasteiger partial charge in [0.2, 0.25) is 5.92 Å². The second kappa shape index (κ2) is 5.35. The number of halogens is 2. The second-order valence-corrected chi connectivity index (χ2v) is 7.44. The molecule has 7 heteroatoms. The molecule has 126 valence electrons. The van der Waals surface area contributed by atoms with Gasteiger partial charge in [0.15, 0.2) is 0 Å². The molecule has 0 aromatic heterocycles. The number of ether oxygens (including phenoxy) is 1. The molecule has 0 aromatic rings. The number of amides is 1. The quantitative estimate of drug-likeness (QED) is 0.849. The van der Waals surface area contributed by atoms with Crippen LogP contribution in [0.1, 0.15) is 46.5 Å². The Hall–Kier alpha value is -1.40. The molecule has 1 amide bonds. The highest BCUT2D eigenvalue weighted by Crippen LogP contribution is 2.58. The lowest BCUT2D eigenvalue weighted by atomic mass is 9.57. The highest BCUT2D eigenvalue weighted by molar-refractivity contribution is 5.77. The number of nitrogens with zero attached hydrogens (tertiary/aromatic N) is 1. The summed E-state index contributed by atoms with van der Waals surface area (Å²) in [7, 11) is 0. The van der Waals surface area contributed by atoms with E-state index >= 15 is 0 Å². The van der Waals surface area contributed by atoms with Crippen LogP contribution < -0.4 is 0 Å². The highest BCUT2D eigenvalue weighted by atomic mass is 19.3. The van der Waals surface area contributed by atoms with Gasteiger partial charge in [0, 0.05) is 25.9 Å². The third-order valence-electron chi connectivity index (χ3n) is 4.43. The largest absolute Gasteiger partial charge is 0.481 e. The molecule has 2 aliphatic rings. The lowest BCUT2D eigenvalue weighted by molar-refractivity contribution is -0.210. The lowest BCUT2D eigenvalue weighted by Crippen LogP contribution is -2.59. The van der Waals surface area contributed by atoms with E-state index in [0.717, 1.165) is 0 Å². The number of rotatable bonds is 2. The fourth-order valence-corrected chi connectivity index (χ4v) is 3.41. The van der Waals surface area contributed by atoms with Crippen molar-refractivity contribution in [3.63, 3.8) is 0 Å². The number of likely N-dealkylation sites (tertiary alicyclic amines) is 1. The normalized spacial score (nSPS) is 27.0. The van der Waals surface area contributed by atoms with Crippen LogP contribution in [-0.2, 0) is 9.53 Å². The molecule has 0 spiro atoms. The summed E-state index contributed by atoms with van der Waals surface area (Å²) in [5.74, 6) is -4.55. The monoisotopic (exact) mass is 319 g/mol. The van der Waals surface area contributed by atoms with E-state index in [4.69, 9.17) is 4.74 Å². The maximum atomic E-state index is 13.3. The number of piperidine rings is 1. The first-order chi connectivity index (χ1) is 9.95. The lowest BCUT2D eigenvalue weighted by Gasteiger charge is -2.51. The van der Waals surface area contributed by atoms with Crippen molar-refractivity contribution in [2.45, 2.75) is 58.0 Å². The van der Waals surface area contributed by atoms with E-state index in [1.165, 1.54) is 4.90 Å². The Morgan fingerprint density at radius 1 is 1.27 bits per heavy atom. The Kier molecular flexibility index (Phi) is 4.13. The van der Waals surface area contributed by atoms with E-state index in [-0.39, 0.29) is 6.54 Å². The number of carbonyl (C=O) groups excluding carboxylic acids is 1. The number of carboxylic acid groups (broad SMARTS) is 1. The van der Waals surface area contributed by atoms with Gasteiger partial charge in [-0.25, -0.2) is 13.6 Å². The van der Waals surface area contributed by atoms with E-state index in [1.807, 2.05) is 0 Å². The molecule has 22 heavy (non-hydrogen) atoms. The smallest absolute Gasteiger partial charge is 0.410 e. The minimum absolute atomic E-state index is 0.164. The predicted octanol–water partition coefficient (Wildman–Crippen LogP) is 3.13. The van der Waals surface area contributed by atoms with Crippen LogP contribution in [-0.4, -0.2) is 46.7 Å². The molecule has 1 aliphatic carbocycles.